The van der Waals surface area contributed by atoms with Gasteiger partial charge in [-0.05, 0) is 50.1 Å². The Hall–Kier alpha value is -2.61. The molecule has 122 valence electrons. The summed E-state index contributed by atoms with van der Waals surface area (Å²) in [6.07, 6.45) is 4.71. The maximum Gasteiger partial charge on any atom is 0.212 e. The van der Waals surface area contributed by atoms with Gasteiger partial charge < -0.3 is 4.74 Å². The Labute approximate surface area is 144 Å². The Morgan fingerprint density at radius 3 is 2.58 bits per heavy atom. The molecule has 0 spiro atoms. The van der Waals surface area contributed by atoms with Crippen molar-refractivity contribution in [3.05, 3.63) is 83.1 Å². The van der Waals surface area contributed by atoms with E-state index in [2.05, 4.69) is 68.4 Å². The SMILES string of the molecule is C=C(/C=C\C)Oc1c(C)ccc2c1CC(c1ccccc1C)=[N+]2C. The van der Waals surface area contributed by atoms with E-state index in [0.717, 1.165) is 17.7 Å². The maximum atomic E-state index is 6.07. The number of ether oxygens (including phenoxy) is 1. The fraction of sp³-hybridized carbons (Fsp3) is 0.227. The highest BCUT2D eigenvalue weighted by molar-refractivity contribution is 6.02. The molecular weight excluding hydrogens is 294 g/mol. The van der Waals surface area contributed by atoms with Crippen molar-refractivity contribution in [1.82, 2.24) is 0 Å². The van der Waals surface area contributed by atoms with Crippen LogP contribution in [0.1, 0.15) is 29.2 Å². The van der Waals surface area contributed by atoms with Crippen molar-refractivity contribution in [1.29, 1.82) is 0 Å². The molecular formula is C22H24NO+. The molecule has 0 amide bonds. The van der Waals surface area contributed by atoms with E-state index < -0.39 is 0 Å². The van der Waals surface area contributed by atoms with Crippen molar-refractivity contribution in [2.75, 3.05) is 7.05 Å². The van der Waals surface area contributed by atoms with Crippen molar-refractivity contribution in [3.63, 3.8) is 0 Å². The third kappa shape index (κ3) is 2.80. The highest BCUT2D eigenvalue weighted by atomic mass is 16.5. The Kier molecular flexibility index (Phi) is 4.39. The first-order valence-corrected chi connectivity index (χ1v) is 8.30. The standard InChI is InChI=1S/C22H24NO/c1-6-9-17(4)24-22-16(3)12-13-20-19(22)14-21(23(20)5)18-11-8-7-10-15(18)2/h6-13H,4,14H2,1-3,5H3/q+1/b9-6-. The summed E-state index contributed by atoms with van der Waals surface area (Å²) in [7, 11) is 2.13. The first kappa shape index (κ1) is 16.3. The number of benzene rings is 2. The Balaban J connectivity index is 2.05. The van der Waals surface area contributed by atoms with Crippen LogP contribution in [0.15, 0.2) is 60.9 Å². The number of rotatable bonds is 4. The second kappa shape index (κ2) is 6.48. The summed E-state index contributed by atoms with van der Waals surface area (Å²) < 4.78 is 8.35. The predicted molar refractivity (Wildman–Crippen MR) is 101 cm³/mol. The van der Waals surface area contributed by atoms with E-state index in [9.17, 15) is 0 Å². The minimum Gasteiger partial charge on any atom is -0.457 e. The molecule has 0 bridgehead atoms. The van der Waals surface area contributed by atoms with Crippen LogP contribution in [0.3, 0.4) is 0 Å². The van der Waals surface area contributed by atoms with Crippen LogP contribution >= 0.6 is 0 Å². The second-order valence-corrected chi connectivity index (χ2v) is 6.28. The zero-order valence-corrected chi connectivity index (χ0v) is 14.9. The Morgan fingerprint density at radius 1 is 1.12 bits per heavy atom. The van der Waals surface area contributed by atoms with Crippen LogP contribution in [-0.4, -0.2) is 17.3 Å². The molecule has 1 aliphatic rings. The molecule has 3 rings (SSSR count). The molecule has 0 unspecified atom stereocenters. The molecule has 0 radical (unpaired) electrons. The topological polar surface area (TPSA) is 12.2 Å². The zero-order chi connectivity index (χ0) is 17.3. The summed E-state index contributed by atoms with van der Waals surface area (Å²) in [5.74, 6) is 1.60. The molecule has 24 heavy (non-hydrogen) atoms. The zero-order valence-electron chi connectivity index (χ0n) is 14.9. The van der Waals surface area contributed by atoms with Gasteiger partial charge >= 0.3 is 0 Å². The van der Waals surface area contributed by atoms with Gasteiger partial charge in [-0.1, -0.05) is 30.9 Å². The van der Waals surface area contributed by atoms with Gasteiger partial charge in [0.05, 0.1) is 12.0 Å². The average molecular weight is 318 g/mol. The van der Waals surface area contributed by atoms with E-state index in [-0.39, 0.29) is 0 Å². The lowest BCUT2D eigenvalue weighted by atomic mass is 9.99. The molecule has 2 heteroatoms. The van der Waals surface area contributed by atoms with Gasteiger partial charge in [-0.2, -0.15) is 4.58 Å². The van der Waals surface area contributed by atoms with Crippen LogP contribution < -0.4 is 4.74 Å². The molecule has 0 aromatic heterocycles. The Bertz CT molecular complexity index is 872. The minimum atomic E-state index is 0.668. The normalized spacial score (nSPS) is 13.5. The average Bonchev–Trinajstić information content (AvgIpc) is 2.88. The maximum absolute atomic E-state index is 6.07. The van der Waals surface area contributed by atoms with Crippen LogP contribution in [-0.2, 0) is 6.42 Å². The van der Waals surface area contributed by atoms with Gasteiger partial charge in [0, 0.05) is 11.6 Å². The summed E-state index contributed by atoms with van der Waals surface area (Å²) in [6, 6.07) is 12.8. The van der Waals surface area contributed by atoms with Gasteiger partial charge in [-0.3, -0.25) is 0 Å². The fourth-order valence-electron chi connectivity index (χ4n) is 3.32. The third-order valence-corrected chi connectivity index (χ3v) is 4.58. The molecule has 2 aromatic rings. The predicted octanol–water partition coefficient (Wildman–Crippen LogP) is 5.09. The van der Waals surface area contributed by atoms with E-state index in [4.69, 9.17) is 4.74 Å². The number of fused-ring (bicyclic) bond motifs is 1. The molecule has 2 nitrogen and oxygen atoms in total. The molecule has 0 N–H and O–H groups in total. The molecule has 0 saturated heterocycles. The van der Waals surface area contributed by atoms with Crippen LogP contribution in [0.5, 0.6) is 5.75 Å². The smallest absolute Gasteiger partial charge is 0.212 e. The van der Waals surface area contributed by atoms with Crippen LogP contribution in [0.4, 0.5) is 5.69 Å². The summed E-state index contributed by atoms with van der Waals surface area (Å²) >= 11 is 0. The monoisotopic (exact) mass is 318 g/mol. The van der Waals surface area contributed by atoms with E-state index in [1.165, 1.54) is 28.1 Å². The van der Waals surface area contributed by atoms with Gasteiger partial charge in [-0.25, -0.2) is 0 Å². The number of hydrogen-bond donors (Lipinski definition) is 0. The molecule has 0 atom stereocenters. The quantitative estimate of drug-likeness (QED) is 0.434. The van der Waals surface area contributed by atoms with Gasteiger partial charge in [0.1, 0.15) is 18.6 Å². The van der Waals surface area contributed by atoms with Crippen LogP contribution in [0.25, 0.3) is 0 Å². The van der Waals surface area contributed by atoms with Gasteiger partial charge in [0.25, 0.3) is 0 Å². The molecule has 2 aromatic carbocycles. The van der Waals surface area contributed by atoms with E-state index in [1.54, 1.807) is 0 Å². The van der Waals surface area contributed by atoms with Crippen molar-refractivity contribution < 1.29 is 9.31 Å². The summed E-state index contributed by atoms with van der Waals surface area (Å²) in [4.78, 5) is 0. The highest BCUT2D eigenvalue weighted by Gasteiger charge is 2.32. The lowest BCUT2D eigenvalue weighted by molar-refractivity contribution is -0.401. The van der Waals surface area contributed by atoms with Gasteiger partial charge in [0.15, 0.2) is 5.71 Å². The van der Waals surface area contributed by atoms with Gasteiger partial charge in [0.2, 0.25) is 5.69 Å². The lowest BCUT2D eigenvalue weighted by Crippen LogP contribution is -2.11. The summed E-state index contributed by atoms with van der Waals surface area (Å²) in [5.41, 5.74) is 7.49. The molecule has 0 saturated carbocycles. The van der Waals surface area contributed by atoms with E-state index in [1.807, 2.05) is 19.1 Å². The van der Waals surface area contributed by atoms with E-state index in [0.29, 0.717) is 5.76 Å². The number of aryl methyl sites for hydroxylation is 2. The second-order valence-electron chi connectivity index (χ2n) is 6.28. The molecule has 1 aliphatic heterocycles. The summed E-state index contributed by atoms with van der Waals surface area (Å²) in [5, 5.41) is 0. The summed E-state index contributed by atoms with van der Waals surface area (Å²) in [6.45, 7) is 10.2. The van der Waals surface area contributed by atoms with Gasteiger partial charge in [-0.15, -0.1) is 0 Å². The Morgan fingerprint density at radius 2 is 1.88 bits per heavy atom. The van der Waals surface area contributed by atoms with Crippen molar-refractivity contribution in [2.24, 2.45) is 0 Å². The van der Waals surface area contributed by atoms with Crippen LogP contribution in [0, 0.1) is 13.8 Å². The molecule has 0 aliphatic carbocycles. The first-order valence-electron chi connectivity index (χ1n) is 8.30. The molecule has 0 fully saturated rings. The largest absolute Gasteiger partial charge is 0.457 e. The van der Waals surface area contributed by atoms with E-state index >= 15 is 0 Å². The molecule has 1 heterocycles. The van der Waals surface area contributed by atoms with Crippen LogP contribution in [0.2, 0.25) is 0 Å². The first-order chi connectivity index (χ1) is 11.5. The number of nitrogens with zero attached hydrogens (tertiary/aromatic N) is 1. The number of allylic oxidation sites excluding steroid dienone is 2. The van der Waals surface area contributed by atoms with Crippen molar-refractivity contribution in [2.45, 2.75) is 27.2 Å². The third-order valence-electron chi connectivity index (χ3n) is 4.58. The van der Waals surface area contributed by atoms with Crippen molar-refractivity contribution >= 4 is 11.4 Å². The highest BCUT2D eigenvalue weighted by Crippen LogP contribution is 2.38. The van der Waals surface area contributed by atoms with Crippen molar-refractivity contribution in [3.8, 4) is 5.75 Å². The fourth-order valence-corrected chi connectivity index (χ4v) is 3.32. The minimum absolute atomic E-state index is 0.668. The number of hydrogen-bond acceptors (Lipinski definition) is 1. The lowest BCUT2D eigenvalue weighted by Gasteiger charge is -2.11.